The molecule has 5 nitrogen and oxygen atoms in total. The Morgan fingerprint density at radius 2 is 1.62 bits per heavy atom. The Labute approximate surface area is 153 Å². The van der Waals surface area contributed by atoms with Crippen molar-refractivity contribution >= 4 is 17.7 Å². The summed E-state index contributed by atoms with van der Waals surface area (Å²) < 4.78 is 5.03. The number of ketones is 1. The molecular weight excluding hydrogens is 330 g/mol. The van der Waals surface area contributed by atoms with Crippen molar-refractivity contribution in [2.24, 2.45) is 0 Å². The number of ether oxygens (including phenoxy) is 1. The summed E-state index contributed by atoms with van der Waals surface area (Å²) in [5, 5.41) is 2.56. The Balaban J connectivity index is 1.83. The number of benzene rings is 2. The van der Waals surface area contributed by atoms with Crippen LogP contribution in [0.4, 0.5) is 0 Å². The third-order valence-electron chi connectivity index (χ3n) is 3.90. The number of Topliss-reactive ketones (excluding diaryl/α,β-unsaturated/α-hetero) is 1. The molecule has 0 spiro atoms. The van der Waals surface area contributed by atoms with E-state index in [4.69, 9.17) is 4.74 Å². The van der Waals surface area contributed by atoms with Gasteiger partial charge in [0.2, 0.25) is 0 Å². The molecular formula is C21H23NO4. The summed E-state index contributed by atoms with van der Waals surface area (Å²) in [6.45, 7) is 3.26. The second kappa shape index (κ2) is 9.51. The van der Waals surface area contributed by atoms with Crippen molar-refractivity contribution in [3.05, 3.63) is 71.3 Å². The molecule has 1 amide bonds. The van der Waals surface area contributed by atoms with E-state index in [1.54, 1.807) is 42.5 Å². The summed E-state index contributed by atoms with van der Waals surface area (Å²) in [5.41, 5.74) is 2.12. The Hall–Kier alpha value is -2.95. The van der Waals surface area contributed by atoms with Crippen LogP contribution in [0.1, 0.15) is 46.5 Å². The Bertz CT molecular complexity index is 753. The van der Waals surface area contributed by atoms with Crippen LogP contribution in [0.5, 0.6) is 0 Å². The molecule has 0 aliphatic carbocycles. The standard InChI is InChI=1S/C21H23NO4/c1-3-7-16-10-12-17(13-11-16)19(23)14-26-21(25)15(2)22-20(24)18-8-5-4-6-9-18/h4-6,8-13,15H,3,7,14H2,1-2H3,(H,22,24)/t15-/m0/s1. The van der Waals surface area contributed by atoms with Gasteiger partial charge in [-0.2, -0.15) is 0 Å². The maximum absolute atomic E-state index is 12.1. The van der Waals surface area contributed by atoms with Gasteiger partial charge in [0.25, 0.3) is 5.91 Å². The zero-order valence-corrected chi connectivity index (χ0v) is 15.0. The highest BCUT2D eigenvalue weighted by Gasteiger charge is 2.19. The lowest BCUT2D eigenvalue weighted by atomic mass is 10.1. The van der Waals surface area contributed by atoms with E-state index in [1.165, 1.54) is 12.5 Å². The summed E-state index contributed by atoms with van der Waals surface area (Å²) in [4.78, 5) is 36.1. The molecule has 136 valence electrons. The Morgan fingerprint density at radius 1 is 0.962 bits per heavy atom. The first-order chi connectivity index (χ1) is 12.5. The molecule has 0 bridgehead atoms. The van der Waals surface area contributed by atoms with E-state index >= 15 is 0 Å². The molecule has 0 radical (unpaired) electrons. The monoisotopic (exact) mass is 353 g/mol. The maximum Gasteiger partial charge on any atom is 0.328 e. The number of nitrogens with one attached hydrogen (secondary N) is 1. The van der Waals surface area contributed by atoms with Crippen molar-refractivity contribution < 1.29 is 19.1 Å². The van der Waals surface area contributed by atoms with Crippen molar-refractivity contribution in [3.8, 4) is 0 Å². The highest BCUT2D eigenvalue weighted by atomic mass is 16.5. The quantitative estimate of drug-likeness (QED) is 0.584. The molecule has 0 heterocycles. The number of esters is 1. The zero-order chi connectivity index (χ0) is 18.9. The number of hydrogen-bond donors (Lipinski definition) is 1. The lowest BCUT2D eigenvalue weighted by Gasteiger charge is -2.13. The topological polar surface area (TPSA) is 72.5 Å². The first-order valence-corrected chi connectivity index (χ1v) is 8.66. The van der Waals surface area contributed by atoms with Gasteiger partial charge in [0.15, 0.2) is 12.4 Å². The van der Waals surface area contributed by atoms with Crippen molar-refractivity contribution in [2.75, 3.05) is 6.61 Å². The number of hydrogen-bond acceptors (Lipinski definition) is 4. The van der Waals surface area contributed by atoms with E-state index in [2.05, 4.69) is 12.2 Å². The average Bonchev–Trinajstić information content (AvgIpc) is 2.67. The smallest absolute Gasteiger partial charge is 0.328 e. The summed E-state index contributed by atoms with van der Waals surface area (Å²) in [7, 11) is 0. The normalized spacial score (nSPS) is 11.5. The van der Waals surface area contributed by atoms with Crippen molar-refractivity contribution in [1.29, 1.82) is 0 Å². The predicted octanol–water partition coefficient (Wildman–Crippen LogP) is 3.18. The van der Waals surface area contributed by atoms with Crippen LogP contribution in [0.25, 0.3) is 0 Å². The van der Waals surface area contributed by atoms with Crippen molar-refractivity contribution in [3.63, 3.8) is 0 Å². The summed E-state index contributed by atoms with van der Waals surface area (Å²) in [6, 6.07) is 15.0. The van der Waals surface area contributed by atoms with Crippen LogP contribution in [0.2, 0.25) is 0 Å². The Kier molecular flexibility index (Phi) is 7.09. The van der Waals surface area contributed by atoms with Gasteiger partial charge in [0, 0.05) is 11.1 Å². The van der Waals surface area contributed by atoms with Gasteiger partial charge in [-0.25, -0.2) is 4.79 Å². The molecule has 2 aromatic carbocycles. The zero-order valence-electron chi connectivity index (χ0n) is 15.0. The lowest BCUT2D eigenvalue weighted by molar-refractivity contribution is -0.144. The van der Waals surface area contributed by atoms with Gasteiger partial charge in [-0.15, -0.1) is 0 Å². The van der Waals surface area contributed by atoms with Crippen LogP contribution < -0.4 is 5.32 Å². The molecule has 1 atom stereocenters. The molecule has 26 heavy (non-hydrogen) atoms. The minimum Gasteiger partial charge on any atom is -0.456 e. The number of aryl methyl sites for hydroxylation is 1. The molecule has 0 saturated carbocycles. The van der Waals surface area contributed by atoms with Gasteiger partial charge in [-0.1, -0.05) is 55.8 Å². The van der Waals surface area contributed by atoms with E-state index in [0.717, 1.165) is 12.8 Å². The van der Waals surface area contributed by atoms with E-state index in [0.29, 0.717) is 11.1 Å². The van der Waals surface area contributed by atoms with Gasteiger partial charge in [-0.05, 0) is 31.0 Å². The molecule has 2 rings (SSSR count). The number of rotatable bonds is 8. The third kappa shape index (κ3) is 5.55. The third-order valence-corrected chi connectivity index (χ3v) is 3.90. The molecule has 0 aromatic heterocycles. The van der Waals surface area contributed by atoms with Crippen molar-refractivity contribution in [1.82, 2.24) is 5.32 Å². The van der Waals surface area contributed by atoms with Crippen LogP contribution in [0.3, 0.4) is 0 Å². The fourth-order valence-electron chi connectivity index (χ4n) is 2.42. The van der Waals surface area contributed by atoms with E-state index < -0.39 is 12.0 Å². The average molecular weight is 353 g/mol. The van der Waals surface area contributed by atoms with Crippen LogP contribution in [0.15, 0.2) is 54.6 Å². The van der Waals surface area contributed by atoms with Crippen LogP contribution in [-0.4, -0.2) is 30.3 Å². The minimum atomic E-state index is -0.845. The molecule has 0 saturated heterocycles. The number of carbonyl (C=O) groups excluding carboxylic acids is 3. The highest BCUT2D eigenvalue weighted by Crippen LogP contribution is 2.08. The molecule has 0 aliphatic rings. The molecule has 5 heteroatoms. The van der Waals surface area contributed by atoms with Gasteiger partial charge < -0.3 is 10.1 Å². The lowest BCUT2D eigenvalue weighted by Crippen LogP contribution is -2.40. The largest absolute Gasteiger partial charge is 0.456 e. The molecule has 0 fully saturated rings. The maximum atomic E-state index is 12.1. The van der Waals surface area contributed by atoms with Gasteiger partial charge in [0.1, 0.15) is 6.04 Å². The fourth-order valence-corrected chi connectivity index (χ4v) is 2.42. The first-order valence-electron chi connectivity index (χ1n) is 8.66. The molecule has 0 unspecified atom stereocenters. The molecule has 0 aliphatic heterocycles. The van der Waals surface area contributed by atoms with Crippen molar-refractivity contribution in [2.45, 2.75) is 32.7 Å². The van der Waals surface area contributed by atoms with Crippen LogP contribution >= 0.6 is 0 Å². The predicted molar refractivity (Wildman–Crippen MR) is 99.1 cm³/mol. The van der Waals surface area contributed by atoms with Gasteiger partial charge >= 0.3 is 5.97 Å². The summed E-state index contributed by atoms with van der Waals surface area (Å²) in [6.07, 6.45) is 2.00. The number of amides is 1. The minimum absolute atomic E-state index is 0.275. The second-order valence-corrected chi connectivity index (χ2v) is 6.04. The van der Waals surface area contributed by atoms with Gasteiger partial charge in [-0.3, -0.25) is 9.59 Å². The first kappa shape index (κ1) is 19.4. The van der Waals surface area contributed by atoms with E-state index in [9.17, 15) is 14.4 Å². The number of carbonyl (C=O) groups is 3. The Morgan fingerprint density at radius 3 is 2.23 bits per heavy atom. The fraction of sp³-hybridized carbons (Fsp3) is 0.286. The SMILES string of the molecule is CCCc1ccc(C(=O)COC(=O)[C@H](C)NC(=O)c2ccccc2)cc1. The summed E-state index contributed by atoms with van der Waals surface area (Å²) >= 11 is 0. The van der Waals surface area contributed by atoms with E-state index in [1.807, 2.05) is 12.1 Å². The van der Waals surface area contributed by atoms with E-state index in [-0.39, 0.29) is 18.3 Å². The summed E-state index contributed by atoms with van der Waals surface area (Å²) in [5.74, 6) is -1.29. The highest BCUT2D eigenvalue weighted by molar-refractivity contribution is 5.99. The van der Waals surface area contributed by atoms with Gasteiger partial charge in [0.05, 0.1) is 0 Å². The van der Waals surface area contributed by atoms with Crippen LogP contribution in [-0.2, 0) is 16.0 Å². The second-order valence-electron chi connectivity index (χ2n) is 6.04. The molecule has 1 N–H and O–H groups in total. The molecule has 2 aromatic rings. The van der Waals surface area contributed by atoms with Crippen LogP contribution in [0, 0.1) is 0 Å².